The first-order valence-electron chi connectivity index (χ1n) is 9.35. The Morgan fingerprint density at radius 2 is 1.03 bits per heavy atom. The minimum absolute atomic E-state index is 0.0317. The van der Waals surface area contributed by atoms with Crippen LogP contribution in [-0.4, -0.2) is 46.2 Å². The first kappa shape index (κ1) is 22.9. The van der Waals surface area contributed by atoms with Crippen LogP contribution in [0.5, 0.6) is 11.5 Å². The van der Waals surface area contributed by atoms with Gasteiger partial charge in [-0.1, -0.05) is 26.0 Å². The second-order valence-corrected chi connectivity index (χ2v) is 6.75. The molecule has 0 saturated heterocycles. The molecule has 0 bridgehead atoms. The normalized spacial score (nSPS) is 12.5. The summed E-state index contributed by atoms with van der Waals surface area (Å²) in [7, 11) is 5.50. The Balaban J connectivity index is 2.31. The zero-order valence-electron chi connectivity index (χ0n) is 18.0. The lowest BCUT2D eigenvalue weighted by molar-refractivity contribution is -0.121. The van der Waals surface area contributed by atoms with Gasteiger partial charge < -0.3 is 18.9 Å². The van der Waals surface area contributed by atoms with Crippen molar-refractivity contribution in [2.24, 2.45) is 0 Å². The first-order chi connectivity index (χ1) is 14.3. The molecule has 160 valence electrons. The van der Waals surface area contributed by atoms with E-state index in [2.05, 4.69) is 0 Å². The van der Waals surface area contributed by atoms with Crippen molar-refractivity contribution in [1.29, 1.82) is 0 Å². The summed E-state index contributed by atoms with van der Waals surface area (Å²) in [5.41, 5.74) is 2.02. The van der Waals surface area contributed by atoms with Gasteiger partial charge in [-0.25, -0.2) is 9.59 Å². The van der Waals surface area contributed by atoms with E-state index in [9.17, 15) is 14.4 Å². The molecule has 30 heavy (non-hydrogen) atoms. The van der Waals surface area contributed by atoms with Crippen LogP contribution in [0, 0.1) is 0 Å². The van der Waals surface area contributed by atoms with E-state index in [1.165, 1.54) is 28.4 Å². The van der Waals surface area contributed by atoms with E-state index in [1.807, 2.05) is 0 Å². The molecule has 0 heterocycles. The fourth-order valence-corrected chi connectivity index (χ4v) is 3.22. The molecule has 7 nitrogen and oxygen atoms in total. The zero-order chi connectivity index (χ0) is 22.4. The van der Waals surface area contributed by atoms with Crippen LogP contribution >= 0.6 is 0 Å². The quantitative estimate of drug-likeness (QED) is 0.608. The average Bonchev–Trinajstić information content (AvgIpc) is 2.80. The lowest BCUT2D eigenvalue weighted by atomic mass is 9.85. The molecule has 0 saturated carbocycles. The number of carbonyl (C=O) groups excluding carboxylic acids is 3. The highest BCUT2D eigenvalue weighted by molar-refractivity contribution is 5.95. The number of hydrogen-bond donors (Lipinski definition) is 0. The Morgan fingerprint density at radius 3 is 1.33 bits per heavy atom. The molecule has 0 aliphatic carbocycles. The molecule has 0 aromatic heterocycles. The highest BCUT2D eigenvalue weighted by Crippen LogP contribution is 2.32. The summed E-state index contributed by atoms with van der Waals surface area (Å²) in [6, 6.07) is 9.94. The van der Waals surface area contributed by atoms with Gasteiger partial charge in [0.05, 0.1) is 28.4 Å². The van der Waals surface area contributed by atoms with Gasteiger partial charge in [0, 0.05) is 11.8 Å². The number of esters is 2. The molecule has 0 aliphatic rings. The van der Waals surface area contributed by atoms with Gasteiger partial charge in [-0.15, -0.1) is 0 Å². The molecule has 0 fully saturated rings. The summed E-state index contributed by atoms with van der Waals surface area (Å²) >= 11 is 0. The highest BCUT2D eigenvalue weighted by Gasteiger charge is 2.26. The maximum Gasteiger partial charge on any atom is 0.341 e. The Morgan fingerprint density at radius 1 is 0.667 bits per heavy atom. The third kappa shape index (κ3) is 4.62. The lowest BCUT2D eigenvalue weighted by Crippen LogP contribution is -2.17. The number of benzene rings is 2. The van der Waals surface area contributed by atoms with Crippen LogP contribution in [0.15, 0.2) is 36.4 Å². The monoisotopic (exact) mass is 414 g/mol. The molecule has 0 N–H and O–H groups in total. The van der Waals surface area contributed by atoms with Crippen LogP contribution < -0.4 is 9.47 Å². The number of ketones is 1. The van der Waals surface area contributed by atoms with E-state index in [1.54, 1.807) is 50.2 Å². The SMILES string of the molecule is COC(=O)c1ccc(C(C)C(=O)C(C)c2ccc(C(=O)OC)c(OC)c2)cc1OC. The smallest absolute Gasteiger partial charge is 0.341 e. The topological polar surface area (TPSA) is 88.1 Å². The maximum absolute atomic E-state index is 13.1. The Bertz CT molecular complexity index is 873. The van der Waals surface area contributed by atoms with Crippen molar-refractivity contribution >= 4 is 17.7 Å². The van der Waals surface area contributed by atoms with Crippen molar-refractivity contribution in [2.45, 2.75) is 25.7 Å². The third-order valence-electron chi connectivity index (χ3n) is 5.12. The lowest BCUT2D eigenvalue weighted by Gasteiger charge is -2.19. The van der Waals surface area contributed by atoms with Crippen LogP contribution in [0.2, 0.25) is 0 Å². The summed E-state index contributed by atoms with van der Waals surface area (Å²) in [6.07, 6.45) is 0. The van der Waals surface area contributed by atoms with Gasteiger partial charge in [-0.05, 0) is 35.4 Å². The van der Waals surface area contributed by atoms with E-state index in [4.69, 9.17) is 18.9 Å². The minimum atomic E-state index is -0.511. The molecule has 2 rings (SSSR count). The van der Waals surface area contributed by atoms with Crippen LogP contribution in [0.4, 0.5) is 0 Å². The van der Waals surface area contributed by atoms with Crippen molar-refractivity contribution < 1.29 is 33.3 Å². The van der Waals surface area contributed by atoms with E-state index in [0.29, 0.717) is 22.6 Å². The first-order valence-corrected chi connectivity index (χ1v) is 9.35. The second kappa shape index (κ2) is 9.91. The minimum Gasteiger partial charge on any atom is -0.496 e. The van der Waals surface area contributed by atoms with Gasteiger partial charge in [0.1, 0.15) is 28.4 Å². The largest absolute Gasteiger partial charge is 0.496 e. The van der Waals surface area contributed by atoms with Crippen molar-refractivity contribution in [1.82, 2.24) is 0 Å². The van der Waals surface area contributed by atoms with Gasteiger partial charge in [0.15, 0.2) is 0 Å². The maximum atomic E-state index is 13.1. The van der Waals surface area contributed by atoms with Crippen molar-refractivity contribution in [3.8, 4) is 11.5 Å². The summed E-state index contributed by atoms with van der Waals surface area (Å²) in [6.45, 7) is 3.59. The van der Waals surface area contributed by atoms with Gasteiger partial charge in [-0.2, -0.15) is 0 Å². The van der Waals surface area contributed by atoms with Gasteiger partial charge in [0.25, 0.3) is 0 Å². The van der Waals surface area contributed by atoms with Gasteiger partial charge in [-0.3, -0.25) is 4.79 Å². The fourth-order valence-electron chi connectivity index (χ4n) is 3.22. The van der Waals surface area contributed by atoms with Gasteiger partial charge in [0.2, 0.25) is 0 Å². The van der Waals surface area contributed by atoms with Crippen molar-refractivity contribution in [2.75, 3.05) is 28.4 Å². The summed E-state index contributed by atoms with van der Waals surface area (Å²) in [5, 5.41) is 0. The summed E-state index contributed by atoms with van der Waals surface area (Å²) < 4.78 is 20.1. The molecule has 2 unspecified atom stereocenters. The Labute approximate surface area is 175 Å². The van der Waals surface area contributed by atoms with E-state index in [0.717, 1.165) is 11.1 Å². The molecule has 2 aromatic carbocycles. The number of methoxy groups -OCH3 is 4. The van der Waals surface area contributed by atoms with E-state index in [-0.39, 0.29) is 5.78 Å². The van der Waals surface area contributed by atoms with E-state index < -0.39 is 23.8 Å². The van der Waals surface area contributed by atoms with Gasteiger partial charge >= 0.3 is 11.9 Å². The van der Waals surface area contributed by atoms with Crippen LogP contribution in [-0.2, 0) is 14.3 Å². The summed E-state index contributed by atoms with van der Waals surface area (Å²) in [5.74, 6) is -1.27. The molecule has 7 heteroatoms. The number of rotatable bonds is 8. The van der Waals surface area contributed by atoms with Crippen molar-refractivity contribution in [3.63, 3.8) is 0 Å². The van der Waals surface area contributed by atoms with Crippen LogP contribution in [0.1, 0.15) is 57.5 Å². The molecule has 2 aromatic rings. The van der Waals surface area contributed by atoms with E-state index >= 15 is 0 Å². The molecule has 0 aliphatic heterocycles. The number of hydrogen-bond acceptors (Lipinski definition) is 7. The number of ether oxygens (including phenoxy) is 4. The standard InChI is InChI=1S/C23H26O7/c1-13(15-7-9-17(22(25)29-5)19(11-15)27-3)21(24)14(2)16-8-10-18(23(26)30-6)20(12-16)28-4/h7-14H,1-6H3. The predicted octanol–water partition coefficient (Wildman–Crippen LogP) is 3.75. The third-order valence-corrected chi connectivity index (χ3v) is 5.12. The highest BCUT2D eigenvalue weighted by atomic mass is 16.5. The van der Waals surface area contributed by atoms with Crippen LogP contribution in [0.3, 0.4) is 0 Å². The molecule has 0 amide bonds. The Kier molecular flexibility index (Phi) is 7.58. The fraction of sp³-hybridized carbons (Fsp3) is 0.348. The number of Topliss-reactive ketones (excluding diaryl/α,β-unsaturated/α-hetero) is 1. The summed E-state index contributed by atoms with van der Waals surface area (Å²) in [4.78, 5) is 36.8. The molecule has 0 radical (unpaired) electrons. The zero-order valence-corrected chi connectivity index (χ0v) is 18.0. The van der Waals surface area contributed by atoms with Crippen molar-refractivity contribution in [3.05, 3.63) is 58.7 Å². The van der Waals surface area contributed by atoms with Crippen LogP contribution in [0.25, 0.3) is 0 Å². The molecular formula is C23H26O7. The predicted molar refractivity (Wildman–Crippen MR) is 111 cm³/mol. The molecular weight excluding hydrogens is 388 g/mol. The second-order valence-electron chi connectivity index (χ2n) is 6.75. The Hall–Kier alpha value is -3.35. The molecule has 2 atom stereocenters. The molecule has 0 spiro atoms. The number of carbonyl (C=O) groups is 3. The average molecular weight is 414 g/mol.